The number of aromatic hydroxyl groups is 1. The summed E-state index contributed by atoms with van der Waals surface area (Å²) in [6.45, 7) is 1.27. The summed E-state index contributed by atoms with van der Waals surface area (Å²) in [6.07, 6.45) is 0.312. The van der Waals surface area contributed by atoms with Crippen LogP contribution in [0.15, 0.2) is 108 Å². The average Bonchev–Trinajstić information content (AvgIpc) is 3.27. The van der Waals surface area contributed by atoms with Gasteiger partial charge in [0.15, 0.2) is 5.88 Å². The zero-order valence-corrected chi connectivity index (χ0v) is 22.5. The molecule has 0 saturated heterocycles. The molecule has 0 bridgehead atoms. The van der Waals surface area contributed by atoms with Crippen molar-refractivity contribution in [2.75, 3.05) is 32.1 Å². The van der Waals surface area contributed by atoms with E-state index in [1.165, 1.54) is 12.1 Å². The minimum absolute atomic E-state index is 0.0187. The quantitative estimate of drug-likeness (QED) is 0.218. The van der Waals surface area contributed by atoms with Crippen LogP contribution >= 0.6 is 0 Å². The molecule has 202 valence electrons. The molecule has 1 aromatic heterocycles. The van der Waals surface area contributed by atoms with Gasteiger partial charge >= 0.3 is 0 Å². The molecular formula is C33H31FN4O2. The van der Waals surface area contributed by atoms with Gasteiger partial charge in [-0.1, -0.05) is 60.7 Å². The zero-order chi connectivity index (χ0) is 28.1. The normalized spacial score (nSPS) is 11.8. The molecule has 4 aromatic carbocycles. The zero-order valence-electron chi connectivity index (χ0n) is 22.5. The smallest absolute Gasteiger partial charge is 0.231 e. The van der Waals surface area contributed by atoms with E-state index in [2.05, 4.69) is 4.98 Å². The van der Waals surface area contributed by atoms with Crippen molar-refractivity contribution in [3.63, 3.8) is 0 Å². The number of halogens is 1. The van der Waals surface area contributed by atoms with Crippen molar-refractivity contribution in [3.8, 4) is 5.88 Å². The molecule has 2 N–H and O–H groups in total. The maximum Gasteiger partial charge on any atom is 0.231 e. The van der Waals surface area contributed by atoms with Gasteiger partial charge in [-0.25, -0.2) is 9.38 Å². The van der Waals surface area contributed by atoms with Crippen molar-refractivity contribution in [2.24, 2.45) is 4.99 Å². The first-order valence-electron chi connectivity index (χ1n) is 13.1. The lowest BCUT2D eigenvalue weighted by molar-refractivity contribution is -0.118. The Balaban J connectivity index is 1.51. The summed E-state index contributed by atoms with van der Waals surface area (Å²) in [4.78, 5) is 25.0. The van der Waals surface area contributed by atoms with Crippen LogP contribution in [0, 0.1) is 5.82 Å². The Labute approximate surface area is 233 Å². The van der Waals surface area contributed by atoms with Crippen LogP contribution in [-0.2, 0) is 11.2 Å². The third-order valence-electron chi connectivity index (χ3n) is 6.70. The topological polar surface area (TPSA) is 71.9 Å². The minimum atomic E-state index is -0.394. The fourth-order valence-electron chi connectivity index (χ4n) is 4.66. The Morgan fingerprint density at radius 2 is 1.55 bits per heavy atom. The van der Waals surface area contributed by atoms with Crippen molar-refractivity contribution in [3.05, 3.63) is 126 Å². The number of benzene rings is 4. The van der Waals surface area contributed by atoms with Crippen LogP contribution in [0.4, 0.5) is 15.8 Å². The van der Waals surface area contributed by atoms with E-state index < -0.39 is 5.82 Å². The first kappa shape index (κ1) is 26.8. The van der Waals surface area contributed by atoms with Gasteiger partial charge in [-0.3, -0.25) is 4.79 Å². The van der Waals surface area contributed by atoms with E-state index in [9.17, 15) is 14.3 Å². The highest BCUT2D eigenvalue weighted by Gasteiger charge is 2.20. The van der Waals surface area contributed by atoms with E-state index in [4.69, 9.17) is 4.99 Å². The number of anilines is 1. The number of carbonyl (C=O) groups is 1. The number of H-pyrrole nitrogens is 1. The standard InChI is InChI=1S/C33H31FN4O2/c1-37(2)19-20-38(30(39)21-23-9-5-3-6-10-23)27-16-14-26(15-17-27)35-32(24-11-7-4-8-12-24)31-28-18-13-25(34)22-29(28)36-33(31)40/h3-18,22,36,40H,19-21H2,1-2H3. The maximum atomic E-state index is 13.9. The van der Waals surface area contributed by atoms with Crippen LogP contribution in [-0.4, -0.2) is 53.8 Å². The molecule has 0 aliphatic heterocycles. The summed E-state index contributed by atoms with van der Waals surface area (Å²) in [7, 11) is 3.97. The van der Waals surface area contributed by atoms with Crippen molar-refractivity contribution < 1.29 is 14.3 Å². The number of aromatic nitrogens is 1. The number of nitrogens with zero attached hydrogens (tertiary/aromatic N) is 3. The predicted octanol–water partition coefficient (Wildman–Crippen LogP) is 6.32. The molecule has 0 fully saturated rings. The molecule has 1 amide bonds. The summed E-state index contributed by atoms with van der Waals surface area (Å²) < 4.78 is 13.9. The van der Waals surface area contributed by atoms with Crippen LogP contribution in [0.3, 0.4) is 0 Å². The largest absolute Gasteiger partial charge is 0.494 e. The SMILES string of the molecule is CN(C)CCN(C(=O)Cc1ccccc1)c1ccc(N=C(c2ccccc2)c2c(O)[nH]c3cc(F)ccc23)cc1. The molecule has 6 nitrogen and oxygen atoms in total. The molecule has 0 radical (unpaired) electrons. The van der Waals surface area contributed by atoms with Gasteiger partial charge in [0.1, 0.15) is 5.82 Å². The first-order chi connectivity index (χ1) is 19.4. The van der Waals surface area contributed by atoms with Crippen LogP contribution in [0.2, 0.25) is 0 Å². The average molecular weight is 535 g/mol. The first-order valence-corrected chi connectivity index (χ1v) is 13.1. The van der Waals surface area contributed by atoms with Crippen LogP contribution in [0.25, 0.3) is 10.9 Å². The highest BCUT2D eigenvalue weighted by molar-refractivity contribution is 6.21. The highest BCUT2D eigenvalue weighted by Crippen LogP contribution is 2.32. The molecule has 5 rings (SSSR count). The van der Waals surface area contributed by atoms with Gasteiger partial charge in [-0.05, 0) is 62.1 Å². The lowest BCUT2D eigenvalue weighted by Gasteiger charge is -2.25. The monoisotopic (exact) mass is 534 g/mol. The number of nitrogens with one attached hydrogen (secondary N) is 1. The van der Waals surface area contributed by atoms with E-state index >= 15 is 0 Å². The van der Waals surface area contributed by atoms with Gasteiger partial charge in [0, 0.05) is 29.7 Å². The van der Waals surface area contributed by atoms with Gasteiger partial charge in [0.25, 0.3) is 0 Å². The van der Waals surface area contributed by atoms with Crippen molar-refractivity contribution in [2.45, 2.75) is 6.42 Å². The van der Waals surface area contributed by atoms with E-state index in [1.807, 2.05) is 104 Å². The summed E-state index contributed by atoms with van der Waals surface area (Å²) in [6, 6.07) is 31.1. The minimum Gasteiger partial charge on any atom is -0.494 e. The number of aromatic amines is 1. The summed E-state index contributed by atoms with van der Waals surface area (Å²) in [5.41, 5.74) is 4.74. The van der Waals surface area contributed by atoms with Crippen molar-refractivity contribution in [1.82, 2.24) is 9.88 Å². The van der Waals surface area contributed by atoms with E-state index in [-0.39, 0.29) is 11.8 Å². The molecule has 1 heterocycles. The van der Waals surface area contributed by atoms with Gasteiger partial charge in [0.05, 0.1) is 28.9 Å². The number of amides is 1. The second-order valence-corrected chi connectivity index (χ2v) is 9.89. The van der Waals surface area contributed by atoms with Gasteiger partial charge in [-0.2, -0.15) is 0 Å². The maximum absolute atomic E-state index is 13.9. The molecule has 0 saturated carbocycles. The predicted molar refractivity (Wildman–Crippen MR) is 159 cm³/mol. The van der Waals surface area contributed by atoms with Crippen molar-refractivity contribution >= 4 is 33.9 Å². The lowest BCUT2D eigenvalue weighted by atomic mass is 10.0. The fourth-order valence-corrected chi connectivity index (χ4v) is 4.66. The Bertz CT molecular complexity index is 1630. The number of aliphatic imine (C=N–C) groups is 1. The van der Waals surface area contributed by atoms with Crippen molar-refractivity contribution in [1.29, 1.82) is 0 Å². The summed E-state index contributed by atoms with van der Waals surface area (Å²) >= 11 is 0. The number of carbonyl (C=O) groups excluding carboxylic acids is 1. The Morgan fingerprint density at radius 1 is 0.875 bits per heavy atom. The molecule has 7 heteroatoms. The number of rotatable bonds is 9. The molecule has 0 unspecified atom stereocenters. The number of hydrogen-bond acceptors (Lipinski definition) is 4. The van der Waals surface area contributed by atoms with E-state index in [0.29, 0.717) is 40.8 Å². The van der Waals surface area contributed by atoms with Crippen LogP contribution in [0.1, 0.15) is 16.7 Å². The highest BCUT2D eigenvalue weighted by atomic mass is 19.1. The Hall–Kier alpha value is -4.75. The molecular weight excluding hydrogens is 503 g/mol. The van der Waals surface area contributed by atoms with E-state index in [1.54, 1.807) is 11.0 Å². The molecule has 0 aliphatic rings. The van der Waals surface area contributed by atoms with Crippen LogP contribution < -0.4 is 4.90 Å². The Morgan fingerprint density at radius 3 is 2.23 bits per heavy atom. The summed E-state index contributed by atoms with van der Waals surface area (Å²) in [5, 5.41) is 11.5. The molecule has 0 spiro atoms. The third kappa shape index (κ3) is 6.11. The van der Waals surface area contributed by atoms with Gasteiger partial charge in [0.2, 0.25) is 5.91 Å². The van der Waals surface area contributed by atoms with Gasteiger partial charge in [-0.15, -0.1) is 0 Å². The second kappa shape index (κ2) is 12.0. The number of fused-ring (bicyclic) bond motifs is 1. The van der Waals surface area contributed by atoms with Crippen LogP contribution in [0.5, 0.6) is 5.88 Å². The summed E-state index contributed by atoms with van der Waals surface area (Å²) in [5.74, 6) is -0.457. The van der Waals surface area contributed by atoms with E-state index in [0.717, 1.165) is 23.4 Å². The number of hydrogen-bond donors (Lipinski definition) is 2. The molecule has 5 aromatic rings. The molecule has 0 aliphatic carbocycles. The van der Waals surface area contributed by atoms with Gasteiger partial charge < -0.3 is 19.9 Å². The lowest BCUT2D eigenvalue weighted by Crippen LogP contribution is -2.37. The number of likely N-dealkylation sites (N-methyl/N-ethyl adjacent to an activating group) is 1. The second-order valence-electron chi connectivity index (χ2n) is 9.89. The third-order valence-corrected chi connectivity index (χ3v) is 6.70. The molecule has 0 atom stereocenters. The molecule has 40 heavy (non-hydrogen) atoms. The Kier molecular flexibility index (Phi) is 8.03. The fraction of sp³-hybridized carbons (Fsp3) is 0.152.